The van der Waals surface area contributed by atoms with Crippen molar-refractivity contribution in [3.05, 3.63) is 71.6 Å². The molecule has 2 heterocycles. The van der Waals surface area contributed by atoms with Crippen molar-refractivity contribution in [3.63, 3.8) is 0 Å². The van der Waals surface area contributed by atoms with Crippen LogP contribution >= 0.6 is 12.2 Å². The maximum absolute atomic E-state index is 12.7. The molecule has 1 aromatic carbocycles. The van der Waals surface area contributed by atoms with Gasteiger partial charge in [0.15, 0.2) is 12.4 Å². The number of hydrogen-bond donors (Lipinski definition) is 2. The molecule has 1 amide bonds. The van der Waals surface area contributed by atoms with Crippen LogP contribution in [0.15, 0.2) is 60.4 Å². The average molecular weight is 366 g/mol. The number of methoxy groups -OCH3 is 1. The van der Waals surface area contributed by atoms with E-state index in [1.54, 1.807) is 41.2 Å². The van der Waals surface area contributed by atoms with Gasteiger partial charge >= 0.3 is 5.97 Å². The highest BCUT2D eigenvalue weighted by Crippen LogP contribution is 2.35. The second kappa shape index (κ2) is 7.39. The second-order valence-corrected chi connectivity index (χ2v) is 6.12. The monoisotopic (exact) mass is 366 g/mol. The van der Waals surface area contributed by atoms with Crippen LogP contribution in [0.5, 0.6) is 0 Å². The van der Waals surface area contributed by atoms with E-state index in [2.05, 4.69) is 11.2 Å². The number of esters is 1. The van der Waals surface area contributed by atoms with Crippen molar-refractivity contribution in [3.8, 4) is 0 Å². The summed E-state index contributed by atoms with van der Waals surface area (Å²) in [6.45, 7) is 0. The number of benzene rings is 1. The van der Waals surface area contributed by atoms with Gasteiger partial charge in [0.1, 0.15) is 4.99 Å². The molecule has 6 nitrogen and oxygen atoms in total. The molecule has 3 rings (SSSR count). The number of hydrogen-bond acceptors (Lipinski definition) is 5. The van der Waals surface area contributed by atoms with E-state index in [0.29, 0.717) is 11.1 Å². The molecule has 2 N–H and O–H groups in total. The smallest absolute Gasteiger partial charge is 0.337 e. The van der Waals surface area contributed by atoms with E-state index >= 15 is 0 Å². The van der Waals surface area contributed by atoms with E-state index in [1.807, 2.05) is 18.2 Å². The summed E-state index contributed by atoms with van der Waals surface area (Å²) < 4.78 is 6.48. The van der Waals surface area contributed by atoms with Gasteiger partial charge < -0.3 is 10.1 Å². The summed E-state index contributed by atoms with van der Waals surface area (Å²) in [6.07, 6.45) is 3.58. The average Bonchev–Trinajstić information content (AvgIpc) is 2.67. The number of piperidine rings is 1. The van der Waals surface area contributed by atoms with Gasteiger partial charge in [-0.15, -0.1) is 0 Å². The van der Waals surface area contributed by atoms with Crippen LogP contribution in [0.1, 0.15) is 27.9 Å². The Hall–Kier alpha value is -3.15. The fraction of sp³-hybridized carbons (Fsp3) is 0.158. The van der Waals surface area contributed by atoms with Gasteiger partial charge in [-0.2, -0.15) is 4.57 Å². The summed E-state index contributed by atoms with van der Waals surface area (Å²) in [6, 6.07) is 11.6. The lowest BCUT2D eigenvalue weighted by Gasteiger charge is -2.29. The summed E-state index contributed by atoms with van der Waals surface area (Å²) in [5.41, 5.74) is 1.58. The molecular weight excluding hydrogens is 350 g/mol. The SMILES string of the molecule is COC(=O)c1ccc([C@H]2C(=C=N)C(=S)NC(=O)[C@@H]2[n+]2ccccc2)cc1. The number of ether oxygens (including phenoxy) is 1. The number of carbonyl (C=O) groups is 2. The van der Waals surface area contributed by atoms with Crippen molar-refractivity contribution >= 4 is 35.0 Å². The molecule has 0 aliphatic carbocycles. The van der Waals surface area contributed by atoms with Crippen molar-refractivity contribution < 1.29 is 18.9 Å². The number of nitrogens with zero attached hydrogens (tertiary/aromatic N) is 1. The zero-order valence-electron chi connectivity index (χ0n) is 13.9. The minimum absolute atomic E-state index is 0.194. The van der Waals surface area contributed by atoms with Gasteiger partial charge in [-0.1, -0.05) is 30.4 Å². The van der Waals surface area contributed by atoms with Crippen LogP contribution in [-0.2, 0) is 9.53 Å². The van der Waals surface area contributed by atoms with Gasteiger partial charge in [-0.3, -0.25) is 10.2 Å². The zero-order chi connectivity index (χ0) is 18.7. The number of pyridine rings is 1. The molecule has 1 saturated heterocycles. The second-order valence-electron chi connectivity index (χ2n) is 5.72. The van der Waals surface area contributed by atoms with Crippen LogP contribution in [0.25, 0.3) is 0 Å². The maximum atomic E-state index is 12.7. The lowest BCUT2D eigenvalue weighted by molar-refractivity contribution is -0.711. The van der Waals surface area contributed by atoms with E-state index in [0.717, 1.165) is 5.56 Å². The molecule has 0 unspecified atom stereocenters. The van der Waals surface area contributed by atoms with E-state index < -0.39 is 17.9 Å². The Morgan fingerprint density at radius 1 is 1.23 bits per heavy atom. The Labute approximate surface area is 155 Å². The summed E-state index contributed by atoms with van der Waals surface area (Å²) in [7, 11) is 1.32. The first-order valence-electron chi connectivity index (χ1n) is 7.85. The molecule has 1 aliphatic rings. The number of nitrogens with one attached hydrogen (secondary N) is 2. The largest absolute Gasteiger partial charge is 0.465 e. The number of amides is 1. The highest BCUT2D eigenvalue weighted by molar-refractivity contribution is 7.80. The third-order valence-corrected chi connectivity index (χ3v) is 4.58. The fourth-order valence-electron chi connectivity index (χ4n) is 3.04. The topological polar surface area (TPSA) is 83.1 Å². The van der Waals surface area contributed by atoms with Crippen LogP contribution < -0.4 is 9.88 Å². The van der Waals surface area contributed by atoms with Crippen molar-refractivity contribution in [1.29, 1.82) is 5.41 Å². The Morgan fingerprint density at radius 3 is 2.46 bits per heavy atom. The highest BCUT2D eigenvalue weighted by atomic mass is 32.1. The summed E-state index contributed by atoms with van der Waals surface area (Å²) >= 11 is 5.23. The minimum atomic E-state index is -0.625. The van der Waals surface area contributed by atoms with Crippen LogP contribution in [0.4, 0.5) is 0 Å². The van der Waals surface area contributed by atoms with Crippen LogP contribution in [0, 0.1) is 5.41 Å². The Kier molecular flexibility index (Phi) is 5.02. The number of thiocarbonyl (C=S) groups is 1. The molecule has 2 aromatic rings. The Morgan fingerprint density at radius 2 is 1.88 bits per heavy atom. The molecule has 1 fully saturated rings. The minimum Gasteiger partial charge on any atom is -0.465 e. The Balaban J connectivity index is 2.11. The molecule has 0 bridgehead atoms. The predicted octanol–water partition coefficient (Wildman–Crippen LogP) is 1.72. The van der Waals surface area contributed by atoms with Crippen molar-refractivity contribution in [2.45, 2.75) is 12.0 Å². The lowest BCUT2D eigenvalue weighted by atomic mass is 9.81. The van der Waals surface area contributed by atoms with Gasteiger partial charge in [0.05, 0.1) is 24.2 Å². The number of rotatable bonds is 3. The van der Waals surface area contributed by atoms with Crippen LogP contribution in [0.2, 0.25) is 0 Å². The van der Waals surface area contributed by atoms with Crippen LogP contribution in [-0.4, -0.2) is 29.8 Å². The molecule has 0 radical (unpaired) electrons. The third kappa shape index (κ3) is 3.18. The van der Waals surface area contributed by atoms with Crippen molar-refractivity contribution in [2.75, 3.05) is 7.11 Å². The zero-order valence-corrected chi connectivity index (χ0v) is 14.7. The number of carbonyl (C=O) groups excluding carboxylic acids is 2. The molecular formula is C19H16N3O3S+. The van der Waals surface area contributed by atoms with Gasteiger partial charge in [0, 0.05) is 12.1 Å². The molecule has 7 heteroatoms. The third-order valence-electron chi connectivity index (χ3n) is 4.26. The van der Waals surface area contributed by atoms with Crippen molar-refractivity contribution in [2.24, 2.45) is 0 Å². The predicted molar refractivity (Wildman–Crippen MR) is 98.2 cm³/mol. The van der Waals surface area contributed by atoms with E-state index in [4.69, 9.17) is 22.4 Å². The first kappa shape index (κ1) is 17.7. The maximum Gasteiger partial charge on any atom is 0.337 e. The lowest BCUT2D eigenvalue weighted by Crippen LogP contribution is -2.56. The van der Waals surface area contributed by atoms with Crippen molar-refractivity contribution in [1.82, 2.24) is 5.32 Å². The van der Waals surface area contributed by atoms with Gasteiger partial charge in [-0.05, 0) is 23.6 Å². The summed E-state index contributed by atoms with van der Waals surface area (Å²) in [4.78, 5) is 24.5. The molecule has 0 spiro atoms. The normalized spacial score (nSPS) is 19.5. The number of aromatic nitrogens is 1. The van der Waals surface area contributed by atoms with Crippen LogP contribution in [0.3, 0.4) is 0 Å². The van der Waals surface area contributed by atoms with E-state index in [-0.39, 0.29) is 10.9 Å². The first-order valence-corrected chi connectivity index (χ1v) is 8.26. The molecule has 26 heavy (non-hydrogen) atoms. The van der Waals surface area contributed by atoms with Gasteiger partial charge in [0.25, 0.3) is 5.91 Å². The van der Waals surface area contributed by atoms with Gasteiger partial charge in [0.2, 0.25) is 6.04 Å². The molecule has 130 valence electrons. The first-order chi connectivity index (χ1) is 12.6. The van der Waals surface area contributed by atoms with E-state index in [9.17, 15) is 9.59 Å². The summed E-state index contributed by atoms with van der Waals surface area (Å²) in [5.74, 6) is 1.19. The highest BCUT2D eigenvalue weighted by Gasteiger charge is 2.45. The Bertz CT molecular complexity index is 919. The standard InChI is InChI=1S/C19H15N3O3S/c1-25-19(24)13-7-5-12(6-8-13)15-14(11-20)18(26)21-17(23)16(15)22-9-3-2-4-10-22/h2-10,15-16,20H,1H3/p+1/t15-,16+/m0/s1. The summed E-state index contributed by atoms with van der Waals surface area (Å²) in [5, 5.41) is 10.3. The molecule has 1 aromatic heterocycles. The van der Waals surface area contributed by atoms with E-state index in [1.165, 1.54) is 7.11 Å². The van der Waals surface area contributed by atoms with Gasteiger partial charge in [-0.25, -0.2) is 4.79 Å². The molecule has 1 aliphatic heterocycles. The quantitative estimate of drug-likeness (QED) is 0.285. The molecule has 2 atom stereocenters. The molecule has 0 saturated carbocycles. The fourth-order valence-corrected chi connectivity index (χ4v) is 3.32.